The van der Waals surface area contributed by atoms with Crippen LogP contribution in [0.1, 0.15) is 5.69 Å². The first-order chi connectivity index (χ1) is 11.9. The summed E-state index contributed by atoms with van der Waals surface area (Å²) in [5.41, 5.74) is 1.28. The van der Waals surface area contributed by atoms with Crippen LogP contribution in [-0.4, -0.2) is 21.2 Å². The van der Waals surface area contributed by atoms with E-state index in [2.05, 4.69) is 41.8 Å². The van der Waals surface area contributed by atoms with Gasteiger partial charge in [-0.1, -0.05) is 15.9 Å². The van der Waals surface area contributed by atoms with Crippen molar-refractivity contribution in [3.8, 4) is 17.4 Å². The van der Waals surface area contributed by atoms with Crippen LogP contribution >= 0.6 is 31.9 Å². The van der Waals surface area contributed by atoms with Crippen LogP contribution in [0.2, 0.25) is 0 Å². The van der Waals surface area contributed by atoms with Crippen molar-refractivity contribution in [2.45, 2.75) is 0 Å². The molecular weight excluding hydrogens is 458 g/mol. The van der Waals surface area contributed by atoms with Crippen molar-refractivity contribution in [3.63, 3.8) is 0 Å². The Morgan fingerprint density at radius 2 is 1.92 bits per heavy atom. The van der Waals surface area contributed by atoms with Gasteiger partial charge in [0.05, 0.1) is 16.8 Å². The molecule has 0 spiro atoms. The first-order valence-corrected chi connectivity index (χ1v) is 8.46. The number of rotatable bonds is 4. The minimum absolute atomic E-state index is 0.0404. The van der Waals surface area contributed by atoms with Gasteiger partial charge >= 0.3 is 5.95 Å². The predicted molar refractivity (Wildman–Crippen MR) is 99.4 cm³/mol. The van der Waals surface area contributed by atoms with Gasteiger partial charge in [-0.25, -0.2) is 4.98 Å². The van der Waals surface area contributed by atoms with Crippen LogP contribution in [0, 0.1) is 10.1 Å². The molecule has 0 saturated heterocycles. The van der Waals surface area contributed by atoms with Gasteiger partial charge in [0.1, 0.15) is 0 Å². The van der Waals surface area contributed by atoms with Gasteiger partial charge in [-0.05, 0) is 46.3 Å². The molecule has 3 rings (SSSR count). The molecule has 3 aromatic rings. The minimum atomic E-state index is -0.495. The molecule has 0 aliphatic heterocycles. The van der Waals surface area contributed by atoms with E-state index in [-0.39, 0.29) is 23.2 Å². The molecule has 9 heteroatoms. The van der Waals surface area contributed by atoms with E-state index < -0.39 is 4.92 Å². The molecule has 0 bridgehead atoms. The SMILES string of the molecule is O=[N+]([O-])c1ccc(-c2nc(C=Nc3ccc(Br)cc3Br)c(O)o2)cc1. The highest BCUT2D eigenvalue weighted by molar-refractivity contribution is 9.11. The molecule has 0 amide bonds. The molecule has 25 heavy (non-hydrogen) atoms. The summed E-state index contributed by atoms with van der Waals surface area (Å²) in [4.78, 5) is 18.6. The van der Waals surface area contributed by atoms with Gasteiger partial charge < -0.3 is 9.52 Å². The van der Waals surface area contributed by atoms with E-state index in [0.717, 1.165) is 8.95 Å². The number of hydrogen-bond acceptors (Lipinski definition) is 6. The maximum absolute atomic E-state index is 10.7. The smallest absolute Gasteiger partial charge is 0.312 e. The van der Waals surface area contributed by atoms with Crippen molar-refractivity contribution < 1.29 is 14.4 Å². The molecule has 1 aromatic heterocycles. The van der Waals surface area contributed by atoms with Gasteiger partial charge in [-0.2, -0.15) is 0 Å². The number of aromatic hydroxyl groups is 1. The molecule has 0 atom stereocenters. The van der Waals surface area contributed by atoms with Crippen LogP contribution in [0.3, 0.4) is 0 Å². The largest absolute Gasteiger partial charge is 0.479 e. The maximum atomic E-state index is 10.7. The molecule has 2 aromatic carbocycles. The van der Waals surface area contributed by atoms with Crippen molar-refractivity contribution >= 4 is 49.4 Å². The van der Waals surface area contributed by atoms with Crippen molar-refractivity contribution in [3.05, 3.63) is 67.2 Å². The van der Waals surface area contributed by atoms with E-state index in [0.29, 0.717) is 11.3 Å². The maximum Gasteiger partial charge on any atom is 0.312 e. The number of nitro groups is 1. The number of nitro benzene ring substituents is 1. The van der Waals surface area contributed by atoms with Crippen LogP contribution < -0.4 is 0 Å². The fourth-order valence-corrected chi connectivity index (χ4v) is 3.12. The molecule has 0 radical (unpaired) electrons. The molecule has 0 aliphatic rings. The molecule has 0 aliphatic carbocycles. The summed E-state index contributed by atoms with van der Waals surface area (Å²) >= 11 is 6.75. The second kappa shape index (κ2) is 7.16. The Kier molecular flexibility index (Phi) is 4.95. The molecule has 0 fully saturated rings. The fourth-order valence-electron chi connectivity index (χ4n) is 1.97. The Hall–Kier alpha value is -2.52. The number of aromatic nitrogens is 1. The van der Waals surface area contributed by atoms with Crippen molar-refractivity contribution in [2.24, 2.45) is 4.99 Å². The van der Waals surface area contributed by atoms with Crippen LogP contribution in [0.15, 0.2) is 60.8 Å². The number of non-ortho nitro benzene ring substituents is 1. The molecule has 1 N–H and O–H groups in total. The van der Waals surface area contributed by atoms with Crippen molar-refractivity contribution in [1.82, 2.24) is 4.98 Å². The van der Waals surface area contributed by atoms with Crippen LogP contribution in [-0.2, 0) is 0 Å². The molecule has 1 heterocycles. The average molecular weight is 467 g/mol. The van der Waals surface area contributed by atoms with Crippen LogP contribution in [0.25, 0.3) is 11.5 Å². The van der Waals surface area contributed by atoms with Crippen molar-refractivity contribution in [2.75, 3.05) is 0 Å². The molecular formula is C16H9Br2N3O4. The molecule has 0 unspecified atom stereocenters. The lowest BCUT2D eigenvalue weighted by Gasteiger charge is -1.97. The Labute approximate surface area is 158 Å². The minimum Gasteiger partial charge on any atom is -0.479 e. The third-order valence-electron chi connectivity index (χ3n) is 3.20. The van der Waals surface area contributed by atoms with Crippen molar-refractivity contribution in [1.29, 1.82) is 0 Å². The number of aliphatic imine (C=N–C) groups is 1. The molecule has 0 saturated carbocycles. The summed E-state index contributed by atoms with van der Waals surface area (Å²) in [6, 6.07) is 11.1. The second-order valence-corrected chi connectivity index (χ2v) is 6.64. The third kappa shape index (κ3) is 3.94. The van der Waals surface area contributed by atoms with Crippen LogP contribution in [0.4, 0.5) is 11.4 Å². The summed E-state index contributed by atoms with van der Waals surface area (Å²) in [6.07, 6.45) is 1.38. The van der Waals surface area contributed by atoms with Crippen LogP contribution in [0.5, 0.6) is 5.95 Å². The Morgan fingerprint density at radius 1 is 1.20 bits per heavy atom. The predicted octanol–water partition coefficient (Wildman–Crippen LogP) is 5.23. The molecule has 126 valence electrons. The van der Waals surface area contributed by atoms with Gasteiger partial charge in [0.2, 0.25) is 5.89 Å². The summed E-state index contributed by atoms with van der Waals surface area (Å²) < 4.78 is 6.88. The van der Waals surface area contributed by atoms with E-state index in [1.807, 2.05) is 12.1 Å². The zero-order valence-corrected chi connectivity index (χ0v) is 15.6. The number of benzene rings is 2. The lowest BCUT2D eigenvalue weighted by molar-refractivity contribution is -0.384. The topological polar surface area (TPSA) is 102 Å². The fraction of sp³-hybridized carbons (Fsp3) is 0. The number of nitrogens with zero attached hydrogens (tertiary/aromatic N) is 3. The second-order valence-electron chi connectivity index (χ2n) is 4.87. The van der Waals surface area contributed by atoms with Gasteiger partial charge in [-0.15, -0.1) is 0 Å². The van der Waals surface area contributed by atoms with E-state index in [1.54, 1.807) is 6.07 Å². The van der Waals surface area contributed by atoms with Gasteiger partial charge in [-0.3, -0.25) is 15.1 Å². The lowest BCUT2D eigenvalue weighted by atomic mass is 10.2. The lowest BCUT2D eigenvalue weighted by Crippen LogP contribution is -1.87. The average Bonchev–Trinajstić information content (AvgIpc) is 2.95. The third-order valence-corrected chi connectivity index (χ3v) is 4.32. The summed E-state index contributed by atoms with van der Waals surface area (Å²) in [5.74, 6) is -0.242. The quantitative estimate of drug-likeness (QED) is 0.322. The Morgan fingerprint density at radius 3 is 2.56 bits per heavy atom. The summed E-state index contributed by atoms with van der Waals surface area (Å²) in [5, 5.41) is 20.6. The first kappa shape index (κ1) is 17.3. The Balaban J connectivity index is 1.87. The number of halogens is 2. The zero-order chi connectivity index (χ0) is 18.0. The first-order valence-electron chi connectivity index (χ1n) is 6.88. The highest BCUT2D eigenvalue weighted by Gasteiger charge is 2.14. The van der Waals surface area contributed by atoms with E-state index in [9.17, 15) is 15.2 Å². The number of oxazole rings is 1. The normalized spacial score (nSPS) is 11.1. The van der Waals surface area contributed by atoms with Gasteiger partial charge in [0.25, 0.3) is 5.69 Å². The highest BCUT2D eigenvalue weighted by Crippen LogP contribution is 2.30. The van der Waals surface area contributed by atoms with E-state index >= 15 is 0 Å². The van der Waals surface area contributed by atoms with E-state index in [1.165, 1.54) is 30.5 Å². The zero-order valence-electron chi connectivity index (χ0n) is 12.4. The monoisotopic (exact) mass is 465 g/mol. The standard InChI is InChI=1S/C16H9Br2N3O4/c17-10-3-6-13(12(18)7-10)19-8-14-16(22)25-15(20-14)9-1-4-11(5-2-9)21(23)24/h1-8,22H. The van der Waals surface area contributed by atoms with Gasteiger partial charge in [0, 0.05) is 26.6 Å². The summed E-state index contributed by atoms with van der Waals surface area (Å²) in [7, 11) is 0. The van der Waals surface area contributed by atoms with E-state index in [4.69, 9.17) is 4.42 Å². The molecule has 7 nitrogen and oxygen atoms in total. The Bertz CT molecular complexity index is 968. The summed E-state index contributed by atoms with van der Waals surface area (Å²) in [6.45, 7) is 0. The van der Waals surface area contributed by atoms with Gasteiger partial charge in [0.15, 0.2) is 5.69 Å². The number of hydrogen-bond donors (Lipinski definition) is 1. The highest BCUT2D eigenvalue weighted by atomic mass is 79.9.